The Labute approximate surface area is 243 Å². The van der Waals surface area contributed by atoms with Crippen LogP contribution in [-0.4, -0.2) is 53.0 Å². The third-order valence-corrected chi connectivity index (χ3v) is 8.20. The molecule has 1 aliphatic rings. The number of tetrazole rings is 1. The van der Waals surface area contributed by atoms with Crippen molar-refractivity contribution in [3.05, 3.63) is 80.8 Å². The molecule has 11 nitrogen and oxygen atoms in total. The van der Waals surface area contributed by atoms with E-state index in [2.05, 4.69) is 49.5 Å². The first-order chi connectivity index (χ1) is 20.6. The molecule has 218 valence electrons. The molecular formula is C31H36N8O3. The van der Waals surface area contributed by atoms with Crippen molar-refractivity contribution in [1.29, 1.82) is 0 Å². The fourth-order valence-corrected chi connectivity index (χ4v) is 6.12. The van der Waals surface area contributed by atoms with E-state index in [0.29, 0.717) is 49.7 Å². The van der Waals surface area contributed by atoms with Gasteiger partial charge in [-0.3, -0.25) is 13.9 Å². The zero-order valence-corrected chi connectivity index (χ0v) is 24.1. The number of H-pyrrole nitrogens is 1. The lowest BCUT2D eigenvalue weighted by Gasteiger charge is -2.22. The average molecular weight is 569 g/mol. The van der Waals surface area contributed by atoms with Crippen molar-refractivity contribution in [2.45, 2.75) is 71.0 Å². The van der Waals surface area contributed by atoms with Crippen LogP contribution in [0.2, 0.25) is 0 Å². The molecule has 0 bridgehead atoms. The molecule has 1 fully saturated rings. The van der Waals surface area contributed by atoms with Gasteiger partial charge >= 0.3 is 5.69 Å². The molecule has 1 N–H and O–H groups in total. The quantitative estimate of drug-likeness (QED) is 0.265. The molecule has 1 aliphatic carbocycles. The molecule has 0 spiro atoms. The Kier molecular flexibility index (Phi) is 8.09. The van der Waals surface area contributed by atoms with Crippen molar-refractivity contribution >= 4 is 11.2 Å². The van der Waals surface area contributed by atoms with Gasteiger partial charge in [-0.25, -0.2) is 9.78 Å². The summed E-state index contributed by atoms with van der Waals surface area (Å²) in [4.78, 5) is 32.4. The molecule has 0 saturated heterocycles. The van der Waals surface area contributed by atoms with Crippen molar-refractivity contribution in [3.63, 3.8) is 0 Å². The minimum atomic E-state index is -0.323. The Morgan fingerprint density at radius 2 is 1.69 bits per heavy atom. The van der Waals surface area contributed by atoms with Crippen molar-refractivity contribution < 1.29 is 4.74 Å². The number of rotatable bonds is 10. The van der Waals surface area contributed by atoms with Crippen molar-refractivity contribution in [2.24, 2.45) is 0 Å². The number of hydrogen-bond acceptors (Lipinski definition) is 7. The van der Waals surface area contributed by atoms with Gasteiger partial charge in [-0.05, 0) is 41.2 Å². The van der Waals surface area contributed by atoms with Gasteiger partial charge in [-0.1, -0.05) is 74.7 Å². The summed E-state index contributed by atoms with van der Waals surface area (Å²) in [6.07, 6.45) is 6.23. The molecule has 5 aromatic rings. The van der Waals surface area contributed by atoms with Crippen molar-refractivity contribution in [2.75, 3.05) is 13.7 Å². The smallest absolute Gasteiger partial charge is 0.332 e. The number of aromatic amines is 1. The Balaban J connectivity index is 1.45. The summed E-state index contributed by atoms with van der Waals surface area (Å²) in [6.45, 7) is 3.51. The van der Waals surface area contributed by atoms with Crippen molar-refractivity contribution in [1.82, 2.24) is 39.3 Å². The number of methoxy groups -OCH3 is 1. The number of imidazole rings is 1. The maximum Gasteiger partial charge on any atom is 0.332 e. The van der Waals surface area contributed by atoms with E-state index in [-0.39, 0.29) is 17.2 Å². The van der Waals surface area contributed by atoms with Crippen LogP contribution in [0.5, 0.6) is 0 Å². The lowest BCUT2D eigenvalue weighted by molar-refractivity contribution is 0.186. The molecule has 3 aromatic heterocycles. The van der Waals surface area contributed by atoms with E-state index in [1.54, 1.807) is 11.7 Å². The van der Waals surface area contributed by atoms with Crippen LogP contribution >= 0.6 is 0 Å². The highest BCUT2D eigenvalue weighted by molar-refractivity contribution is 5.80. The van der Waals surface area contributed by atoms with Gasteiger partial charge in [0.15, 0.2) is 11.2 Å². The number of nitrogens with zero attached hydrogens (tertiary/aromatic N) is 7. The highest BCUT2D eigenvalue weighted by atomic mass is 16.5. The Bertz CT molecular complexity index is 1780. The third kappa shape index (κ3) is 5.20. The van der Waals surface area contributed by atoms with E-state index in [1.165, 1.54) is 11.0 Å². The zero-order valence-electron chi connectivity index (χ0n) is 24.1. The van der Waals surface area contributed by atoms with Crippen molar-refractivity contribution in [3.8, 4) is 22.5 Å². The lowest BCUT2D eigenvalue weighted by atomic mass is 9.88. The largest absolute Gasteiger partial charge is 0.383 e. The van der Waals surface area contributed by atoms with E-state index in [0.717, 1.165) is 53.8 Å². The predicted octanol–water partition coefficient (Wildman–Crippen LogP) is 4.36. The lowest BCUT2D eigenvalue weighted by Crippen LogP contribution is -2.41. The maximum atomic E-state index is 13.9. The summed E-state index contributed by atoms with van der Waals surface area (Å²) in [5, 5.41) is 14.6. The summed E-state index contributed by atoms with van der Waals surface area (Å²) in [5.74, 6) is 1.69. The first-order valence-electron chi connectivity index (χ1n) is 14.8. The van der Waals surface area contributed by atoms with E-state index in [1.807, 2.05) is 31.2 Å². The molecule has 0 aliphatic heterocycles. The summed E-state index contributed by atoms with van der Waals surface area (Å²) >= 11 is 0. The van der Waals surface area contributed by atoms with E-state index in [4.69, 9.17) is 9.72 Å². The van der Waals surface area contributed by atoms with Gasteiger partial charge in [0, 0.05) is 31.7 Å². The highest BCUT2D eigenvalue weighted by Crippen LogP contribution is 2.34. The van der Waals surface area contributed by atoms with Gasteiger partial charge in [-0.2, -0.15) is 5.21 Å². The van der Waals surface area contributed by atoms with Crippen LogP contribution in [0.4, 0.5) is 0 Å². The Hall–Kier alpha value is -4.38. The molecule has 3 heterocycles. The van der Waals surface area contributed by atoms with E-state index < -0.39 is 0 Å². The van der Waals surface area contributed by atoms with Crippen LogP contribution in [-0.2, 0) is 24.4 Å². The third-order valence-electron chi connectivity index (χ3n) is 8.20. The Morgan fingerprint density at radius 1 is 0.929 bits per heavy atom. The number of aromatic nitrogens is 8. The summed E-state index contributed by atoms with van der Waals surface area (Å²) < 4.78 is 10.4. The van der Waals surface area contributed by atoms with Gasteiger partial charge in [-0.15, -0.1) is 10.2 Å². The second kappa shape index (κ2) is 12.2. The molecule has 0 radical (unpaired) electrons. The standard InChI is InChI=1S/C31H36N8O3/c1-3-17-38-30(40)26-29(37(31(38)41)18-19-42-2)32-28(23-9-5-4-6-10-23)39(26)20-21-13-15-22(16-14-21)24-11-7-8-12-25(24)27-33-35-36-34-27/h7-8,11-16,23H,3-6,9-10,17-20H2,1-2H3,(H,33,34,35,36). The normalized spacial score (nSPS) is 14.1. The molecule has 2 aromatic carbocycles. The second-order valence-corrected chi connectivity index (χ2v) is 10.9. The number of nitrogens with one attached hydrogen (secondary N) is 1. The molecule has 1 saturated carbocycles. The first kappa shape index (κ1) is 27.8. The number of benzene rings is 2. The summed E-state index contributed by atoms with van der Waals surface area (Å²) in [5.41, 5.74) is 4.33. The van der Waals surface area contributed by atoms with E-state index >= 15 is 0 Å². The number of hydrogen-bond donors (Lipinski definition) is 1. The Morgan fingerprint density at radius 3 is 2.38 bits per heavy atom. The highest BCUT2D eigenvalue weighted by Gasteiger charge is 2.27. The van der Waals surface area contributed by atoms with Crippen LogP contribution in [0, 0.1) is 0 Å². The average Bonchev–Trinajstić information content (AvgIpc) is 3.69. The minimum absolute atomic E-state index is 0.247. The topological polar surface area (TPSA) is 126 Å². The van der Waals surface area contributed by atoms with Crippen LogP contribution in [0.15, 0.2) is 58.1 Å². The van der Waals surface area contributed by atoms with Gasteiger partial charge in [0.05, 0.1) is 13.2 Å². The SMILES string of the molecule is CCCn1c(=O)c2c(nc(C3CCCCC3)n2Cc2ccc(-c3ccccc3-c3nn[nH]n3)cc2)n(CCOC)c1=O. The summed E-state index contributed by atoms with van der Waals surface area (Å²) in [7, 11) is 1.61. The van der Waals surface area contributed by atoms with Gasteiger partial charge in [0.2, 0.25) is 5.82 Å². The summed E-state index contributed by atoms with van der Waals surface area (Å²) in [6, 6.07) is 16.3. The molecule has 0 amide bonds. The van der Waals surface area contributed by atoms with Crippen LogP contribution in [0.25, 0.3) is 33.7 Å². The number of ether oxygens (including phenoxy) is 1. The van der Waals surface area contributed by atoms with Gasteiger partial charge in [0.1, 0.15) is 5.82 Å². The van der Waals surface area contributed by atoms with Crippen LogP contribution in [0.1, 0.15) is 62.8 Å². The van der Waals surface area contributed by atoms with Gasteiger partial charge < -0.3 is 9.30 Å². The molecule has 0 atom stereocenters. The molecular weight excluding hydrogens is 532 g/mol. The minimum Gasteiger partial charge on any atom is -0.383 e. The second-order valence-electron chi connectivity index (χ2n) is 10.9. The fourth-order valence-electron chi connectivity index (χ4n) is 6.12. The predicted molar refractivity (Wildman–Crippen MR) is 160 cm³/mol. The first-order valence-corrected chi connectivity index (χ1v) is 14.8. The van der Waals surface area contributed by atoms with Crippen LogP contribution in [0.3, 0.4) is 0 Å². The number of fused-ring (bicyclic) bond motifs is 1. The van der Waals surface area contributed by atoms with Crippen LogP contribution < -0.4 is 11.2 Å². The van der Waals surface area contributed by atoms with Gasteiger partial charge in [0.25, 0.3) is 5.56 Å². The fraction of sp³-hybridized carbons (Fsp3) is 0.419. The maximum absolute atomic E-state index is 13.9. The molecule has 6 rings (SSSR count). The molecule has 0 unspecified atom stereocenters. The molecule has 42 heavy (non-hydrogen) atoms. The molecule has 11 heteroatoms. The van der Waals surface area contributed by atoms with E-state index in [9.17, 15) is 9.59 Å². The zero-order chi connectivity index (χ0) is 29.1. The monoisotopic (exact) mass is 568 g/mol.